The molecule has 0 saturated heterocycles. The zero-order valence-electron chi connectivity index (χ0n) is 11.1. The molecule has 1 heterocycles. The molecule has 0 saturated carbocycles. The summed E-state index contributed by atoms with van der Waals surface area (Å²) in [7, 11) is 0. The van der Waals surface area contributed by atoms with Crippen molar-refractivity contribution < 1.29 is 8.78 Å². The molecule has 1 N–H and O–H groups in total. The average Bonchev–Trinajstić information content (AvgIpc) is 2.84. The lowest BCUT2D eigenvalue weighted by atomic mass is 10.2. The molecule has 1 aromatic carbocycles. The lowest BCUT2D eigenvalue weighted by Crippen LogP contribution is -2.15. The van der Waals surface area contributed by atoms with Gasteiger partial charge in [0.05, 0.1) is 11.9 Å². The monoisotopic (exact) mass is 299 g/mol. The summed E-state index contributed by atoms with van der Waals surface area (Å²) in [5, 5.41) is 7.74. The van der Waals surface area contributed by atoms with Crippen LogP contribution < -0.4 is 5.32 Å². The fourth-order valence-electron chi connectivity index (χ4n) is 1.95. The van der Waals surface area contributed by atoms with E-state index in [0.29, 0.717) is 22.8 Å². The molecular weight excluding hydrogens is 284 g/mol. The first-order chi connectivity index (χ1) is 9.63. The molecule has 108 valence electrons. The molecule has 0 aliphatic heterocycles. The highest BCUT2D eigenvalue weighted by Crippen LogP contribution is 2.26. The van der Waals surface area contributed by atoms with E-state index < -0.39 is 6.43 Å². The number of hydrogen-bond donors (Lipinski definition) is 1. The van der Waals surface area contributed by atoms with Crippen LogP contribution in [0.4, 0.5) is 8.78 Å². The Balaban J connectivity index is 2.31. The van der Waals surface area contributed by atoms with E-state index in [2.05, 4.69) is 10.4 Å². The molecule has 0 radical (unpaired) electrons. The maximum Gasteiger partial charge on any atom is 0.280 e. The summed E-state index contributed by atoms with van der Waals surface area (Å²) in [4.78, 5) is 0. The van der Waals surface area contributed by atoms with Gasteiger partial charge in [0, 0.05) is 17.1 Å². The van der Waals surface area contributed by atoms with E-state index in [1.54, 1.807) is 24.3 Å². The molecule has 1 aromatic heterocycles. The molecule has 0 fully saturated rings. The van der Waals surface area contributed by atoms with Gasteiger partial charge in [-0.3, -0.25) is 0 Å². The molecule has 0 bridgehead atoms. The lowest BCUT2D eigenvalue weighted by Gasteiger charge is -2.09. The predicted molar refractivity (Wildman–Crippen MR) is 75.5 cm³/mol. The fourth-order valence-corrected chi connectivity index (χ4v) is 2.07. The quantitative estimate of drug-likeness (QED) is 0.818. The second-order valence-electron chi connectivity index (χ2n) is 4.42. The highest BCUT2D eigenvalue weighted by Gasteiger charge is 2.20. The zero-order valence-corrected chi connectivity index (χ0v) is 11.9. The summed E-state index contributed by atoms with van der Waals surface area (Å²) in [6.45, 7) is 3.20. The van der Waals surface area contributed by atoms with E-state index in [4.69, 9.17) is 11.6 Å². The Labute approximate surface area is 121 Å². The van der Waals surface area contributed by atoms with Crippen molar-refractivity contribution in [1.29, 1.82) is 0 Å². The summed E-state index contributed by atoms with van der Waals surface area (Å²) in [5.74, 6) is 0. The van der Waals surface area contributed by atoms with Crippen LogP contribution in [-0.2, 0) is 6.54 Å². The van der Waals surface area contributed by atoms with E-state index in [9.17, 15) is 8.78 Å². The van der Waals surface area contributed by atoms with Gasteiger partial charge in [-0.2, -0.15) is 5.10 Å². The van der Waals surface area contributed by atoms with Crippen molar-refractivity contribution in [2.75, 3.05) is 6.54 Å². The molecule has 20 heavy (non-hydrogen) atoms. The van der Waals surface area contributed by atoms with Crippen molar-refractivity contribution >= 4 is 11.6 Å². The van der Waals surface area contributed by atoms with Gasteiger partial charge < -0.3 is 5.32 Å². The third kappa shape index (κ3) is 3.35. The highest BCUT2D eigenvalue weighted by molar-refractivity contribution is 6.30. The van der Waals surface area contributed by atoms with Crippen molar-refractivity contribution in [3.8, 4) is 5.69 Å². The summed E-state index contributed by atoms with van der Waals surface area (Å²) in [6.07, 6.45) is -0.139. The standard InChI is InChI=1S/C14H16ClF2N3/c1-2-7-18-8-10-9-19-20(13(10)14(16)17)12-5-3-11(15)4-6-12/h3-6,9,14,18H,2,7-8H2,1H3. The maximum atomic E-state index is 13.3. The minimum atomic E-state index is -2.58. The van der Waals surface area contributed by atoms with Crippen LogP contribution in [0.2, 0.25) is 5.02 Å². The summed E-state index contributed by atoms with van der Waals surface area (Å²) >= 11 is 5.80. The van der Waals surface area contributed by atoms with Gasteiger partial charge >= 0.3 is 0 Å². The summed E-state index contributed by atoms with van der Waals surface area (Å²) < 4.78 is 27.8. The predicted octanol–water partition coefficient (Wildman–Crippen LogP) is 3.96. The second-order valence-corrected chi connectivity index (χ2v) is 4.86. The molecule has 2 rings (SSSR count). The van der Waals surface area contributed by atoms with E-state index in [0.717, 1.165) is 13.0 Å². The van der Waals surface area contributed by atoms with Crippen LogP contribution in [0.25, 0.3) is 5.69 Å². The third-order valence-electron chi connectivity index (χ3n) is 2.91. The Morgan fingerprint density at radius 3 is 2.60 bits per heavy atom. The summed E-state index contributed by atoms with van der Waals surface area (Å²) in [5.41, 5.74) is 1.02. The lowest BCUT2D eigenvalue weighted by molar-refractivity contribution is 0.141. The van der Waals surface area contributed by atoms with E-state index in [1.165, 1.54) is 10.9 Å². The Morgan fingerprint density at radius 2 is 2.00 bits per heavy atom. The number of aromatic nitrogens is 2. The van der Waals surface area contributed by atoms with Crippen molar-refractivity contribution in [1.82, 2.24) is 15.1 Å². The summed E-state index contributed by atoms with van der Waals surface area (Å²) in [6, 6.07) is 6.65. The Bertz CT molecular complexity index is 552. The van der Waals surface area contributed by atoms with Gasteiger partial charge in [-0.05, 0) is 37.2 Å². The van der Waals surface area contributed by atoms with Gasteiger partial charge in [-0.1, -0.05) is 18.5 Å². The Morgan fingerprint density at radius 1 is 1.30 bits per heavy atom. The second kappa shape index (κ2) is 6.81. The fraction of sp³-hybridized carbons (Fsp3) is 0.357. The van der Waals surface area contributed by atoms with Crippen molar-refractivity contribution in [2.45, 2.75) is 26.3 Å². The van der Waals surface area contributed by atoms with Crippen LogP contribution >= 0.6 is 11.6 Å². The van der Waals surface area contributed by atoms with Crippen molar-refractivity contribution in [3.63, 3.8) is 0 Å². The smallest absolute Gasteiger partial charge is 0.280 e. The number of nitrogens with one attached hydrogen (secondary N) is 1. The Kier molecular flexibility index (Phi) is 5.09. The molecule has 2 aromatic rings. The van der Waals surface area contributed by atoms with E-state index in [-0.39, 0.29) is 5.69 Å². The zero-order chi connectivity index (χ0) is 14.5. The number of halogens is 3. The minimum absolute atomic E-state index is 0.0732. The highest BCUT2D eigenvalue weighted by atomic mass is 35.5. The average molecular weight is 300 g/mol. The van der Waals surface area contributed by atoms with Crippen molar-refractivity contribution in [3.05, 3.63) is 46.7 Å². The van der Waals surface area contributed by atoms with Crippen molar-refractivity contribution in [2.24, 2.45) is 0 Å². The first kappa shape index (κ1) is 14.9. The normalized spacial score (nSPS) is 11.2. The van der Waals surface area contributed by atoms with Crippen LogP contribution in [0.15, 0.2) is 30.5 Å². The topological polar surface area (TPSA) is 29.9 Å². The molecule has 0 spiro atoms. The molecule has 0 atom stereocenters. The molecule has 6 heteroatoms. The van der Waals surface area contributed by atoms with Crippen LogP contribution in [0.5, 0.6) is 0 Å². The molecule has 0 amide bonds. The third-order valence-corrected chi connectivity index (χ3v) is 3.16. The number of hydrogen-bond acceptors (Lipinski definition) is 2. The molecule has 0 aliphatic rings. The number of nitrogens with zero attached hydrogens (tertiary/aromatic N) is 2. The van der Waals surface area contributed by atoms with Gasteiger partial charge in [0.1, 0.15) is 5.69 Å². The molecule has 0 unspecified atom stereocenters. The minimum Gasteiger partial charge on any atom is -0.313 e. The molecule has 3 nitrogen and oxygen atoms in total. The first-order valence-corrected chi connectivity index (χ1v) is 6.83. The van der Waals surface area contributed by atoms with E-state index in [1.807, 2.05) is 6.92 Å². The molecule has 0 aliphatic carbocycles. The van der Waals surface area contributed by atoms with Crippen LogP contribution in [0.1, 0.15) is 31.0 Å². The number of rotatable bonds is 6. The maximum absolute atomic E-state index is 13.3. The number of alkyl halides is 2. The number of benzene rings is 1. The van der Waals surface area contributed by atoms with Crippen LogP contribution in [-0.4, -0.2) is 16.3 Å². The van der Waals surface area contributed by atoms with Gasteiger partial charge in [0.25, 0.3) is 6.43 Å². The van der Waals surface area contributed by atoms with E-state index >= 15 is 0 Å². The largest absolute Gasteiger partial charge is 0.313 e. The molecular formula is C14H16ClF2N3. The van der Waals surface area contributed by atoms with Gasteiger partial charge in [-0.15, -0.1) is 0 Å². The Hall–Kier alpha value is -1.46. The van der Waals surface area contributed by atoms with Gasteiger partial charge in [0.2, 0.25) is 0 Å². The van der Waals surface area contributed by atoms with Crippen LogP contribution in [0, 0.1) is 0 Å². The van der Waals surface area contributed by atoms with Gasteiger partial charge in [0.15, 0.2) is 0 Å². The van der Waals surface area contributed by atoms with Crippen LogP contribution in [0.3, 0.4) is 0 Å². The SMILES string of the molecule is CCCNCc1cnn(-c2ccc(Cl)cc2)c1C(F)F. The van der Waals surface area contributed by atoms with Gasteiger partial charge in [-0.25, -0.2) is 13.5 Å². The first-order valence-electron chi connectivity index (χ1n) is 6.45.